The first-order chi connectivity index (χ1) is 17.3. The van der Waals surface area contributed by atoms with Crippen LogP contribution >= 0.6 is 23.2 Å². The topological polar surface area (TPSA) is 90.4 Å². The Bertz CT molecular complexity index is 1260. The number of rotatable bonds is 7. The van der Waals surface area contributed by atoms with E-state index in [1.165, 1.54) is 14.2 Å². The number of benzene rings is 1. The molecule has 0 bridgehead atoms. The minimum Gasteiger partial charge on any atom is -0.495 e. The Labute approximate surface area is 216 Å². The summed E-state index contributed by atoms with van der Waals surface area (Å²) in [5.74, 6) is -1.26. The average molecular weight is 540 g/mol. The fourth-order valence-electron chi connectivity index (χ4n) is 4.55. The van der Waals surface area contributed by atoms with Gasteiger partial charge in [-0.3, -0.25) is 0 Å². The molecule has 2 atom stereocenters. The van der Waals surface area contributed by atoms with E-state index in [0.717, 1.165) is 6.42 Å². The second-order valence-corrected chi connectivity index (χ2v) is 9.67. The minimum absolute atomic E-state index is 0.0986. The van der Waals surface area contributed by atoms with E-state index in [0.29, 0.717) is 65.1 Å². The number of hydrogen-bond donors (Lipinski definition) is 2. The van der Waals surface area contributed by atoms with Crippen molar-refractivity contribution in [2.45, 2.75) is 43.7 Å². The van der Waals surface area contributed by atoms with Gasteiger partial charge in [0, 0.05) is 48.7 Å². The van der Waals surface area contributed by atoms with E-state index >= 15 is 0 Å². The zero-order chi connectivity index (χ0) is 25.4. The highest BCUT2D eigenvalue weighted by Gasteiger charge is 2.39. The molecule has 2 N–H and O–H groups in total. The van der Waals surface area contributed by atoms with Crippen molar-refractivity contribution in [1.29, 1.82) is 0 Å². The van der Waals surface area contributed by atoms with Crippen LogP contribution in [-0.4, -0.2) is 60.4 Å². The lowest BCUT2D eigenvalue weighted by molar-refractivity contribution is 0.00852. The van der Waals surface area contributed by atoms with Gasteiger partial charge in [-0.25, -0.2) is 23.7 Å². The van der Waals surface area contributed by atoms with E-state index in [1.54, 1.807) is 18.3 Å². The highest BCUT2D eigenvalue weighted by Crippen LogP contribution is 2.46. The van der Waals surface area contributed by atoms with E-state index in [1.807, 2.05) is 0 Å². The predicted molar refractivity (Wildman–Crippen MR) is 135 cm³/mol. The molecule has 8 nitrogen and oxygen atoms in total. The van der Waals surface area contributed by atoms with Crippen LogP contribution in [0.3, 0.4) is 0 Å². The first-order valence-corrected chi connectivity index (χ1v) is 12.3. The molecular formula is C24H25Cl2F2N5O3. The normalized spacial score (nSPS) is 21.1. The van der Waals surface area contributed by atoms with Gasteiger partial charge in [-0.2, -0.15) is 0 Å². The maximum absolute atomic E-state index is 13.9. The number of halogens is 4. The van der Waals surface area contributed by atoms with Gasteiger partial charge in [0.15, 0.2) is 5.82 Å². The summed E-state index contributed by atoms with van der Waals surface area (Å²) < 4.78 is 44.1. The molecule has 36 heavy (non-hydrogen) atoms. The number of fused-ring (bicyclic) bond motifs is 1. The van der Waals surface area contributed by atoms with E-state index in [-0.39, 0.29) is 28.9 Å². The molecule has 0 radical (unpaired) electrons. The van der Waals surface area contributed by atoms with Gasteiger partial charge in [0.2, 0.25) is 11.9 Å². The Morgan fingerprint density at radius 3 is 2.39 bits per heavy atom. The van der Waals surface area contributed by atoms with Crippen molar-refractivity contribution in [2.75, 3.05) is 38.1 Å². The molecule has 2 aromatic heterocycles. The molecule has 0 amide bonds. The number of nitrogens with zero attached hydrogens (tertiary/aromatic N) is 3. The van der Waals surface area contributed by atoms with Crippen molar-refractivity contribution >= 4 is 45.9 Å². The van der Waals surface area contributed by atoms with Crippen molar-refractivity contribution in [3.8, 4) is 22.8 Å². The lowest BCUT2D eigenvalue weighted by Crippen LogP contribution is -2.21. The Hall–Kier alpha value is -2.69. The monoisotopic (exact) mass is 539 g/mol. The summed E-state index contributed by atoms with van der Waals surface area (Å²) in [5.41, 5.74) is 1.28. The summed E-state index contributed by atoms with van der Waals surface area (Å²) in [5, 5.41) is 7.57. The van der Waals surface area contributed by atoms with Crippen LogP contribution in [0.15, 0.2) is 18.3 Å². The van der Waals surface area contributed by atoms with Crippen molar-refractivity contribution < 1.29 is 23.0 Å². The fraction of sp³-hybridized carbons (Fsp3) is 0.458. The van der Waals surface area contributed by atoms with Gasteiger partial charge in [0.25, 0.3) is 0 Å². The van der Waals surface area contributed by atoms with Crippen LogP contribution < -0.4 is 20.1 Å². The Morgan fingerprint density at radius 2 is 1.78 bits per heavy atom. The molecule has 1 saturated carbocycles. The molecular weight excluding hydrogens is 515 g/mol. The van der Waals surface area contributed by atoms with Gasteiger partial charge in [-0.15, -0.1) is 0 Å². The highest BCUT2D eigenvalue weighted by molar-refractivity contribution is 6.41. The lowest BCUT2D eigenvalue weighted by Gasteiger charge is -2.19. The number of anilines is 2. The first-order valence-electron chi connectivity index (χ1n) is 11.5. The number of nitrogens with one attached hydrogen (secondary N) is 2. The highest BCUT2D eigenvalue weighted by atomic mass is 35.5. The predicted octanol–water partition coefficient (Wildman–Crippen LogP) is 5.82. The van der Waals surface area contributed by atoms with Gasteiger partial charge in [0.1, 0.15) is 17.0 Å². The van der Waals surface area contributed by atoms with Crippen LogP contribution in [-0.2, 0) is 4.74 Å². The molecule has 3 aromatic rings. The number of aromatic nitrogens is 3. The van der Waals surface area contributed by atoms with E-state index in [2.05, 4.69) is 20.6 Å². The molecule has 12 heteroatoms. The first kappa shape index (κ1) is 25.0. The third-order valence-corrected chi connectivity index (χ3v) is 7.15. The maximum Gasteiger partial charge on any atom is 0.250 e. The second-order valence-electron chi connectivity index (χ2n) is 8.92. The van der Waals surface area contributed by atoms with Gasteiger partial charge >= 0.3 is 0 Å². The van der Waals surface area contributed by atoms with E-state index < -0.39 is 12.0 Å². The summed E-state index contributed by atoms with van der Waals surface area (Å²) in [4.78, 5) is 13.9. The van der Waals surface area contributed by atoms with Crippen LogP contribution in [0.4, 0.5) is 20.5 Å². The third kappa shape index (κ3) is 4.94. The van der Waals surface area contributed by atoms with Crippen LogP contribution in [0.2, 0.25) is 10.0 Å². The molecule has 1 aliphatic carbocycles. The Kier molecular flexibility index (Phi) is 6.93. The number of ether oxygens (including phenoxy) is 3. The van der Waals surface area contributed by atoms with Crippen LogP contribution in [0, 0.1) is 0 Å². The van der Waals surface area contributed by atoms with Crippen molar-refractivity contribution in [2.24, 2.45) is 0 Å². The van der Waals surface area contributed by atoms with E-state index in [4.69, 9.17) is 42.4 Å². The van der Waals surface area contributed by atoms with Crippen molar-refractivity contribution in [3.63, 3.8) is 0 Å². The summed E-state index contributed by atoms with van der Waals surface area (Å²) in [6.45, 7) is 1.24. The van der Waals surface area contributed by atoms with Crippen LogP contribution in [0.25, 0.3) is 22.2 Å². The lowest BCUT2D eigenvalue weighted by atomic mass is 10.1. The second kappa shape index (κ2) is 9.99. The van der Waals surface area contributed by atoms with Crippen molar-refractivity contribution in [1.82, 2.24) is 15.0 Å². The van der Waals surface area contributed by atoms with Gasteiger partial charge < -0.3 is 24.8 Å². The largest absolute Gasteiger partial charge is 0.495 e. The number of pyridine rings is 1. The summed E-state index contributed by atoms with van der Waals surface area (Å²) in [6, 6.07) is 2.97. The summed E-state index contributed by atoms with van der Waals surface area (Å²) in [7, 11) is 2.97. The molecule has 1 saturated heterocycles. The third-order valence-electron chi connectivity index (χ3n) is 6.40. The van der Waals surface area contributed by atoms with Crippen molar-refractivity contribution in [3.05, 3.63) is 28.4 Å². The molecule has 2 unspecified atom stereocenters. The van der Waals surface area contributed by atoms with Crippen LogP contribution in [0.5, 0.6) is 11.5 Å². The minimum atomic E-state index is -2.72. The van der Waals surface area contributed by atoms with E-state index in [9.17, 15) is 8.78 Å². The molecule has 5 rings (SSSR count). The average Bonchev–Trinajstić information content (AvgIpc) is 3.48. The van der Waals surface area contributed by atoms with Gasteiger partial charge in [-0.05, 0) is 18.9 Å². The Morgan fingerprint density at radius 1 is 1.03 bits per heavy atom. The molecule has 2 fully saturated rings. The summed E-state index contributed by atoms with van der Waals surface area (Å²) in [6.07, 6.45) is 2.33. The van der Waals surface area contributed by atoms with Gasteiger partial charge in [-0.1, -0.05) is 23.2 Å². The SMILES string of the molecule is COc1cc(OC)c(Cl)c(-c2cc3cnc(NC4CCOC4)nc3c(NC3CCC(F)(F)C3)n2)c1Cl. The summed E-state index contributed by atoms with van der Waals surface area (Å²) >= 11 is 13.3. The molecule has 0 spiro atoms. The fourth-order valence-corrected chi connectivity index (χ4v) is 5.24. The maximum atomic E-state index is 13.9. The molecule has 3 heterocycles. The number of methoxy groups -OCH3 is 2. The van der Waals surface area contributed by atoms with Crippen LogP contribution in [0.1, 0.15) is 25.7 Å². The molecule has 1 aliphatic heterocycles. The molecule has 1 aromatic carbocycles. The Balaban J connectivity index is 1.63. The zero-order valence-electron chi connectivity index (χ0n) is 19.7. The van der Waals surface area contributed by atoms with Gasteiger partial charge in [0.05, 0.1) is 42.6 Å². The molecule has 2 aliphatic rings. The number of hydrogen-bond acceptors (Lipinski definition) is 8. The zero-order valence-corrected chi connectivity index (χ0v) is 21.2. The molecule has 192 valence electrons. The number of alkyl halides is 2. The standard InChI is InChI=1S/C24H25Cl2F2N5O3/c1-34-16-8-17(35-2)20(26)18(19(16)25)15-7-12-10-29-23(31-14-4-6-36-11-14)33-21(12)22(32-15)30-13-3-5-24(27,28)9-13/h7-8,10,13-14H,3-6,9,11H2,1-2H3,(H,30,32)(H,29,31,33). The smallest absolute Gasteiger partial charge is 0.250 e. The quantitative estimate of drug-likeness (QED) is 0.388.